The molecule has 0 aliphatic carbocycles. The zero-order valence-corrected chi connectivity index (χ0v) is 14.0. The molecule has 0 saturated heterocycles. The predicted molar refractivity (Wildman–Crippen MR) is 83.4 cm³/mol. The van der Waals surface area contributed by atoms with Crippen LogP contribution >= 0.6 is 0 Å². The van der Waals surface area contributed by atoms with Gasteiger partial charge in [0.1, 0.15) is 11.5 Å². The second-order valence-electron chi connectivity index (χ2n) is 5.49. The first-order valence-electron chi connectivity index (χ1n) is 7.63. The lowest BCUT2D eigenvalue weighted by molar-refractivity contribution is 0.101. The van der Waals surface area contributed by atoms with Crippen molar-refractivity contribution < 1.29 is 40.3 Å². The SMILES string of the molecule is O=C(Nc1c(F)c(F)c(F)c(F)c1F)c1ccn(COc2ccc(F)cc2F)n1. The third kappa shape index (κ3) is 4.00. The average Bonchev–Trinajstić information content (AvgIpc) is 3.16. The van der Waals surface area contributed by atoms with Crippen LogP contribution in [0.5, 0.6) is 5.75 Å². The lowest BCUT2D eigenvalue weighted by Gasteiger charge is -2.09. The maximum atomic E-state index is 13.6. The normalized spacial score (nSPS) is 10.9. The number of halogens is 7. The van der Waals surface area contributed by atoms with E-state index in [-0.39, 0.29) is 5.75 Å². The van der Waals surface area contributed by atoms with Gasteiger partial charge in [-0.15, -0.1) is 0 Å². The van der Waals surface area contributed by atoms with Gasteiger partial charge in [0.15, 0.2) is 47.3 Å². The van der Waals surface area contributed by atoms with Gasteiger partial charge >= 0.3 is 0 Å². The molecular formula is C17H8F7N3O2. The average molecular weight is 419 g/mol. The molecule has 1 aromatic heterocycles. The first-order chi connectivity index (χ1) is 13.7. The summed E-state index contributed by atoms with van der Waals surface area (Å²) in [6, 6.07) is 3.60. The van der Waals surface area contributed by atoms with E-state index in [1.165, 1.54) is 0 Å². The Labute approximate surface area is 157 Å². The summed E-state index contributed by atoms with van der Waals surface area (Å²) in [5.41, 5.74) is -2.00. The van der Waals surface area contributed by atoms with Crippen LogP contribution in [0.4, 0.5) is 36.4 Å². The third-order valence-electron chi connectivity index (χ3n) is 3.57. The topological polar surface area (TPSA) is 56.2 Å². The lowest BCUT2D eigenvalue weighted by Crippen LogP contribution is -2.18. The van der Waals surface area contributed by atoms with Crippen molar-refractivity contribution in [3.8, 4) is 5.75 Å². The number of carbonyl (C=O) groups is 1. The highest BCUT2D eigenvalue weighted by Gasteiger charge is 2.27. The summed E-state index contributed by atoms with van der Waals surface area (Å²) in [5, 5.41) is 5.22. The molecule has 29 heavy (non-hydrogen) atoms. The summed E-state index contributed by atoms with van der Waals surface area (Å²) >= 11 is 0. The maximum Gasteiger partial charge on any atom is 0.276 e. The van der Waals surface area contributed by atoms with E-state index in [9.17, 15) is 35.5 Å². The first kappa shape index (κ1) is 20.2. The molecular weight excluding hydrogens is 411 g/mol. The second-order valence-corrected chi connectivity index (χ2v) is 5.49. The van der Waals surface area contributed by atoms with Gasteiger partial charge in [-0.2, -0.15) is 5.10 Å². The van der Waals surface area contributed by atoms with Crippen molar-refractivity contribution in [3.05, 3.63) is 76.9 Å². The first-order valence-corrected chi connectivity index (χ1v) is 7.63. The summed E-state index contributed by atoms with van der Waals surface area (Å²) in [4.78, 5) is 12.0. The van der Waals surface area contributed by atoms with Gasteiger partial charge in [-0.05, 0) is 18.2 Å². The number of nitrogens with one attached hydrogen (secondary N) is 1. The van der Waals surface area contributed by atoms with Gasteiger partial charge in [0.2, 0.25) is 5.82 Å². The van der Waals surface area contributed by atoms with Crippen LogP contribution in [0.25, 0.3) is 0 Å². The smallest absolute Gasteiger partial charge is 0.276 e. The molecule has 2 aromatic carbocycles. The molecule has 5 nitrogen and oxygen atoms in total. The molecule has 152 valence electrons. The number of hydrogen-bond donors (Lipinski definition) is 1. The predicted octanol–water partition coefficient (Wildman–Crippen LogP) is 4.15. The fourth-order valence-electron chi connectivity index (χ4n) is 2.17. The van der Waals surface area contributed by atoms with Crippen molar-refractivity contribution in [2.75, 3.05) is 5.32 Å². The molecule has 0 radical (unpaired) electrons. The number of rotatable bonds is 5. The molecule has 0 unspecified atom stereocenters. The monoisotopic (exact) mass is 419 g/mol. The molecule has 0 aliphatic rings. The van der Waals surface area contributed by atoms with E-state index in [1.54, 1.807) is 5.32 Å². The van der Waals surface area contributed by atoms with Crippen LogP contribution in [-0.4, -0.2) is 15.7 Å². The van der Waals surface area contributed by atoms with Gasteiger partial charge in [-0.3, -0.25) is 4.79 Å². The lowest BCUT2D eigenvalue weighted by atomic mass is 10.2. The molecule has 3 aromatic rings. The highest BCUT2D eigenvalue weighted by molar-refractivity contribution is 6.02. The van der Waals surface area contributed by atoms with Gasteiger partial charge in [0.05, 0.1) is 0 Å². The standard InChI is InChI=1S/C17H8F7N3O2/c18-7-1-2-10(8(19)5-7)29-6-27-4-3-9(26-27)17(28)25-16-14(23)12(21)11(20)13(22)15(16)24/h1-5H,6H2,(H,25,28). The summed E-state index contributed by atoms with van der Waals surface area (Å²) < 4.78 is 98.9. The van der Waals surface area contributed by atoms with Crippen LogP contribution in [0.1, 0.15) is 10.5 Å². The highest BCUT2D eigenvalue weighted by Crippen LogP contribution is 2.27. The Kier molecular flexibility index (Phi) is 5.43. The summed E-state index contributed by atoms with van der Waals surface area (Å²) in [7, 11) is 0. The molecule has 0 aliphatic heterocycles. The molecule has 0 saturated carbocycles. The fraction of sp³-hybridized carbons (Fsp3) is 0.0588. The zero-order valence-electron chi connectivity index (χ0n) is 14.0. The van der Waals surface area contributed by atoms with Crippen molar-refractivity contribution in [1.82, 2.24) is 9.78 Å². The quantitative estimate of drug-likeness (QED) is 0.384. The van der Waals surface area contributed by atoms with Gasteiger partial charge in [-0.25, -0.2) is 35.4 Å². The summed E-state index contributed by atoms with van der Waals surface area (Å²) in [6.45, 7) is -0.432. The molecule has 12 heteroatoms. The van der Waals surface area contributed by atoms with Gasteiger partial charge < -0.3 is 10.1 Å². The van der Waals surface area contributed by atoms with Gasteiger partial charge in [-0.1, -0.05) is 0 Å². The van der Waals surface area contributed by atoms with E-state index in [2.05, 4.69) is 5.10 Å². The molecule has 3 rings (SSSR count). The number of hydrogen-bond acceptors (Lipinski definition) is 3. The van der Waals surface area contributed by atoms with Crippen LogP contribution in [0, 0.1) is 40.7 Å². The highest BCUT2D eigenvalue weighted by atomic mass is 19.2. The number of benzene rings is 2. The number of ether oxygens (including phenoxy) is 1. The van der Waals surface area contributed by atoms with Crippen LogP contribution < -0.4 is 10.1 Å². The van der Waals surface area contributed by atoms with Crippen molar-refractivity contribution in [2.45, 2.75) is 6.73 Å². The Bertz CT molecular complexity index is 1070. The Morgan fingerprint density at radius 2 is 1.55 bits per heavy atom. The Hall–Kier alpha value is -3.57. The Morgan fingerprint density at radius 3 is 2.17 bits per heavy atom. The van der Waals surface area contributed by atoms with Gasteiger partial charge in [0.25, 0.3) is 5.91 Å². The Balaban J connectivity index is 1.73. The molecule has 1 heterocycles. The van der Waals surface area contributed by atoms with E-state index in [0.717, 1.165) is 29.1 Å². The Morgan fingerprint density at radius 1 is 0.931 bits per heavy atom. The minimum atomic E-state index is -2.37. The number of carbonyl (C=O) groups excluding carboxylic acids is 1. The molecule has 0 atom stereocenters. The largest absolute Gasteiger partial charge is 0.468 e. The minimum Gasteiger partial charge on any atom is -0.468 e. The van der Waals surface area contributed by atoms with Crippen LogP contribution in [-0.2, 0) is 6.73 Å². The zero-order chi connectivity index (χ0) is 21.3. The van der Waals surface area contributed by atoms with Crippen molar-refractivity contribution in [3.63, 3.8) is 0 Å². The van der Waals surface area contributed by atoms with E-state index in [0.29, 0.717) is 6.07 Å². The van der Waals surface area contributed by atoms with E-state index in [1.807, 2.05) is 0 Å². The minimum absolute atomic E-state index is 0.311. The molecule has 0 bridgehead atoms. The number of aromatic nitrogens is 2. The molecule has 1 N–H and O–H groups in total. The van der Waals surface area contributed by atoms with Crippen LogP contribution in [0.3, 0.4) is 0 Å². The van der Waals surface area contributed by atoms with Crippen molar-refractivity contribution in [2.24, 2.45) is 0 Å². The van der Waals surface area contributed by atoms with Crippen molar-refractivity contribution in [1.29, 1.82) is 0 Å². The van der Waals surface area contributed by atoms with Crippen molar-refractivity contribution >= 4 is 11.6 Å². The van der Waals surface area contributed by atoms with E-state index >= 15 is 0 Å². The molecule has 0 spiro atoms. The fourth-order valence-corrected chi connectivity index (χ4v) is 2.17. The molecule has 0 fully saturated rings. The van der Waals surface area contributed by atoms with Crippen LogP contribution in [0.15, 0.2) is 30.5 Å². The van der Waals surface area contributed by atoms with E-state index in [4.69, 9.17) is 4.74 Å². The summed E-state index contributed by atoms with van der Waals surface area (Å²) in [6.07, 6.45) is 1.16. The third-order valence-corrected chi connectivity index (χ3v) is 3.57. The number of amides is 1. The number of anilines is 1. The second kappa shape index (κ2) is 7.81. The molecule has 1 amide bonds. The summed E-state index contributed by atoms with van der Waals surface area (Å²) in [5.74, 6) is -14.6. The maximum absolute atomic E-state index is 13.6. The van der Waals surface area contributed by atoms with Crippen LogP contribution in [0.2, 0.25) is 0 Å². The van der Waals surface area contributed by atoms with Gasteiger partial charge in [0, 0.05) is 12.3 Å². The number of nitrogens with zero attached hydrogens (tertiary/aromatic N) is 2. The van der Waals surface area contributed by atoms with E-state index < -0.39 is 64.7 Å².